The van der Waals surface area contributed by atoms with Crippen molar-refractivity contribution in [2.24, 2.45) is 0 Å². The third-order valence-corrected chi connectivity index (χ3v) is 9.26. The molecule has 0 N–H and O–H groups in total. The molecule has 9 nitrogen and oxygen atoms in total. The number of hydrogen-bond donors (Lipinski definition) is 0. The molecule has 0 aliphatic carbocycles. The van der Waals surface area contributed by atoms with Gasteiger partial charge in [0.2, 0.25) is 0 Å². The van der Waals surface area contributed by atoms with E-state index in [1.54, 1.807) is 0 Å². The number of hydrogen-bond acceptors (Lipinski definition) is 8. The van der Waals surface area contributed by atoms with Gasteiger partial charge in [0.1, 0.15) is 18.2 Å². The van der Waals surface area contributed by atoms with E-state index in [9.17, 15) is 18.8 Å². The zero-order valence-electron chi connectivity index (χ0n) is 25.2. The van der Waals surface area contributed by atoms with E-state index in [1.165, 1.54) is 11.0 Å². The molecule has 3 aliphatic rings. The fourth-order valence-corrected chi connectivity index (χ4v) is 6.81. The maximum Gasteiger partial charge on any atom is 0.318 e. The van der Waals surface area contributed by atoms with Crippen LogP contribution in [-0.4, -0.2) is 84.1 Å². The average molecular weight is 602 g/mol. The molecule has 2 aromatic carbocycles. The van der Waals surface area contributed by atoms with Gasteiger partial charge in [-0.3, -0.25) is 4.79 Å². The van der Waals surface area contributed by atoms with Crippen LogP contribution in [0.5, 0.6) is 6.01 Å². The van der Waals surface area contributed by atoms with Crippen LogP contribution in [0.15, 0.2) is 42.7 Å². The minimum Gasteiger partial charge on any atom is -0.462 e. The number of nitriles is 1. The zero-order chi connectivity index (χ0) is 31.0. The fourth-order valence-electron chi connectivity index (χ4n) is 6.81. The van der Waals surface area contributed by atoms with Crippen LogP contribution in [0.25, 0.3) is 10.8 Å². The second-order valence-corrected chi connectivity index (χ2v) is 11.9. The summed E-state index contributed by atoms with van der Waals surface area (Å²) < 4.78 is 34.7. The number of likely N-dealkylation sites (tertiary alicyclic amines) is 1. The van der Waals surface area contributed by atoms with Crippen molar-refractivity contribution in [2.75, 3.05) is 56.2 Å². The number of fused-ring (bicyclic) bond motifs is 2. The van der Waals surface area contributed by atoms with Crippen LogP contribution >= 0.6 is 0 Å². The Morgan fingerprint density at radius 1 is 1.14 bits per heavy atom. The fraction of sp³-hybridized carbons (Fsp3) is 0.455. The first kappa shape index (κ1) is 29.8. The zero-order valence-corrected chi connectivity index (χ0v) is 25.2. The van der Waals surface area contributed by atoms with Crippen molar-refractivity contribution in [3.63, 3.8) is 0 Å². The topological polar surface area (TPSA) is 88.8 Å². The predicted molar refractivity (Wildman–Crippen MR) is 165 cm³/mol. The summed E-state index contributed by atoms with van der Waals surface area (Å²) in [7, 11) is 2.09. The summed E-state index contributed by atoms with van der Waals surface area (Å²) in [6.45, 7) is 8.62. The Kier molecular flexibility index (Phi) is 8.36. The molecule has 1 aromatic heterocycles. The summed E-state index contributed by atoms with van der Waals surface area (Å²) in [5, 5.41) is 11.4. The highest BCUT2D eigenvalue weighted by Gasteiger charge is 2.35. The average Bonchev–Trinajstić information content (AvgIpc) is 3.44. The van der Waals surface area contributed by atoms with Gasteiger partial charge in [-0.25, -0.2) is 8.78 Å². The molecule has 11 heteroatoms. The van der Waals surface area contributed by atoms with Crippen LogP contribution in [-0.2, 0) is 17.8 Å². The first-order chi connectivity index (χ1) is 21.2. The van der Waals surface area contributed by atoms with Crippen LogP contribution in [0, 0.1) is 24.1 Å². The number of carbonyl (C=O) groups is 1. The lowest BCUT2D eigenvalue weighted by atomic mass is 9.99. The maximum absolute atomic E-state index is 14.7. The Morgan fingerprint density at radius 3 is 2.73 bits per heavy atom. The van der Waals surface area contributed by atoms with Crippen molar-refractivity contribution in [3.8, 4) is 12.1 Å². The molecule has 230 valence electrons. The summed E-state index contributed by atoms with van der Waals surface area (Å²) in [5.74, 6) is -1.33. The summed E-state index contributed by atoms with van der Waals surface area (Å²) in [6, 6.07) is 11.5. The number of ether oxygens (including phenoxy) is 1. The van der Waals surface area contributed by atoms with Gasteiger partial charge in [-0.1, -0.05) is 24.8 Å². The van der Waals surface area contributed by atoms with Gasteiger partial charge < -0.3 is 24.3 Å². The molecule has 0 bridgehead atoms. The van der Waals surface area contributed by atoms with Gasteiger partial charge in [0.25, 0.3) is 5.91 Å². The normalized spacial score (nSPS) is 20.5. The SMILES string of the molecule is C=C(F)C(=O)N1CCN(c2nc(OC[C@@H]3CCCN3C)nc3c2CCN(c2cccc4ccc(F)c(C)c24)C3)C[C@@H]1CC#N. The highest BCUT2D eigenvalue weighted by molar-refractivity contribution is 5.97. The monoisotopic (exact) mass is 601 g/mol. The molecule has 0 spiro atoms. The number of rotatable bonds is 7. The largest absolute Gasteiger partial charge is 0.462 e. The number of anilines is 2. The Bertz CT molecular complexity index is 1640. The Morgan fingerprint density at radius 2 is 1.98 bits per heavy atom. The van der Waals surface area contributed by atoms with Crippen molar-refractivity contribution in [2.45, 2.75) is 51.2 Å². The van der Waals surface area contributed by atoms with Crippen LogP contribution in [0.3, 0.4) is 0 Å². The number of aromatic nitrogens is 2. The van der Waals surface area contributed by atoms with E-state index in [0.717, 1.165) is 52.9 Å². The number of halogens is 2. The molecule has 3 aromatic rings. The van der Waals surface area contributed by atoms with E-state index >= 15 is 0 Å². The summed E-state index contributed by atoms with van der Waals surface area (Å²) in [5.41, 5.74) is 3.38. The second kappa shape index (κ2) is 12.4. The molecular formula is C33H37F2N7O2. The van der Waals surface area contributed by atoms with E-state index in [1.807, 2.05) is 31.2 Å². The highest BCUT2D eigenvalue weighted by atomic mass is 19.1. The van der Waals surface area contributed by atoms with Crippen molar-refractivity contribution >= 4 is 28.2 Å². The van der Waals surface area contributed by atoms with Crippen LogP contribution < -0.4 is 14.5 Å². The number of aryl methyl sites for hydroxylation is 1. The third kappa shape index (κ3) is 5.66. The molecule has 4 heterocycles. The maximum atomic E-state index is 14.7. The molecule has 3 aliphatic heterocycles. The lowest BCUT2D eigenvalue weighted by Crippen LogP contribution is -2.55. The van der Waals surface area contributed by atoms with Gasteiger partial charge in [-0.05, 0) is 62.9 Å². The Hall–Kier alpha value is -4.30. The molecule has 1 amide bonds. The molecular weight excluding hydrogens is 564 g/mol. The van der Waals surface area contributed by atoms with Crippen LogP contribution in [0.1, 0.15) is 36.1 Å². The van der Waals surface area contributed by atoms with Gasteiger partial charge in [0, 0.05) is 48.9 Å². The van der Waals surface area contributed by atoms with Crippen molar-refractivity contribution in [1.29, 1.82) is 5.26 Å². The van der Waals surface area contributed by atoms with Crippen LogP contribution in [0.2, 0.25) is 0 Å². The number of benzene rings is 2. The van der Waals surface area contributed by atoms with Gasteiger partial charge in [-0.2, -0.15) is 15.2 Å². The van der Waals surface area contributed by atoms with Gasteiger partial charge >= 0.3 is 6.01 Å². The van der Waals surface area contributed by atoms with Crippen LogP contribution in [0.4, 0.5) is 20.3 Å². The van der Waals surface area contributed by atoms with E-state index in [2.05, 4.69) is 34.4 Å². The Labute approximate surface area is 256 Å². The predicted octanol–water partition coefficient (Wildman–Crippen LogP) is 4.53. The second-order valence-electron chi connectivity index (χ2n) is 11.9. The number of nitrogens with zero attached hydrogens (tertiary/aromatic N) is 7. The minimum absolute atomic E-state index is 0.0605. The quantitative estimate of drug-likeness (QED) is 0.365. The number of amides is 1. The van der Waals surface area contributed by atoms with Gasteiger partial charge in [0.15, 0.2) is 5.83 Å². The molecule has 2 atom stereocenters. The number of piperazine rings is 1. The van der Waals surface area contributed by atoms with Crippen molar-refractivity contribution in [1.82, 2.24) is 19.8 Å². The number of likely N-dealkylation sites (N-methyl/N-ethyl adjacent to an activating group) is 1. The van der Waals surface area contributed by atoms with E-state index in [0.29, 0.717) is 44.8 Å². The third-order valence-electron chi connectivity index (χ3n) is 9.26. The highest BCUT2D eigenvalue weighted by Crippen LogP contribution is 2.36. The number of carbonyl (C=O) groups excluding carboxylic acids is 1. The lowest BCUT2D eigenvalue weighted by Gasteiger charge is -2.42. The van der Waals surface area contributed by atoms with E-state index in [-0.39, 0.29) is 30.8 Å². The van der Waals surface area contributed by atoms with Gasteiger partial charge in [-0.15, -0.1) is 0 Å². The molecule has 44 heavy (non-hydrogen) atoms. The summed E-state index contributed by atoms with van der Waals surface area (Å²) in [4.78, 5) is 30.3. The van der Waals surface area contributed by atoms with Gasteiger partial charge in [0.05, 0.1) is 30.8 Å². The standard InChI is InChI=1S/C33H37F2N7O2/c1-21-27(35)10-9-23-6-4-8-29(30(21)23)40-15-12-26-28(19-40)37-33(44-20-25-7-5-14-39(25)3)38-31(26)41-16-17-42(32(43)22(2)34)24(18-41)11-13-36/h4,6,8-10,24-25H,2,5,7,11-12,14-20H2,1,3H3/t24-,25-/m0/s1. The smallest absolute Gasteiger partial charge is 0.318 e. The van der Waals surface area contributed by atoms with E-state index in [4.69, 9.17) is 14.7 Å². The summed E-state index contributed by atoms with van der Waals surface area (Å²) in [6.07, 6.45) is 2.87. The molecule has 6 rings (SSSR count). The molecule has 0 radical (unpaired) electrons. The molecule has 0 saturated carbocycles. The van der Waals surface area contributed by atoms with Crippen molar-refractivity contribution < 1.29 is 18.3 Å². The summed E-state index contributed by atoms with van der Waals surface area (Å²) >= 11 is 0. The van der Waals surface area contributed by atoms with E-state index < -0.39 is 17.8 Å². The molecule has 2 fully saturated rings. The minimum atomic E-state index is -1.03. The Balaban J connectivity index is 1.35. The molecule has 0 unspecified atom stereocenters. The van der Waals surface area contributed by atoms with Crippen molar-refractivity contribution in [3.05, 3.63) is 65.4 Å². The molecule has 2 saturated heterocycles. The first-order valence-corrected chi connectivity index (χ1v) is 15.2. The lowest BCUT2D eigenvalue weighted by molar-refractivity contribution is -0.131. The first-order valence-electron chi connectivity index (χ1n) is 15.2.